The summed E-state index contributed by atoms with van der Waals surface area (Å²) < 4.78 is 82.7. The number of anilines is 10. The summed E-state index contributed by atoms with van der Waals surface area (Å²) in [6.45, 7) is 3.39. The lowest BCUT2D eigenvalue weighted by Crippen LogP contribution is -2.08. The van der Waals surface area contributed by atoms with Crippen molar-refractivity contribution in [1.29, 1.82) is 0 Å². The Hall–Kier alpha value is -6.30. The summed E-state index contributed by atoms with van der Waals surface area (Å²) >= 11 is 4.49. The molecule has 282 valence electrons. The van der Waals surface area contributed by atoms with Gasteiger partial charge in [0, 0.05) is 28.4 Å². The molecule has 0 radical (unpaired) electrons. The lowest BCUT2D eigenvalue weighted by atomic mass is 10.3. The smallest absolute Gasteiger partial charge is 0.294 e. The molecule has 2 heterocycles. The van der Waals surface area contributed by atoms with Crippen molar-refractivity contribution >= 4 is 101 Å². The number of nitrogens with zero attached hydrogens (tertiary/aromatic N) is 6. The Morgan fingerprint density at radius 3 is 1.33 bits per heavy atom. The van der Waals surface area contributed by atoms with Crippen LogP contribution >= 0.6 is 11.6 Å². The Labute approximate surface area is 320 Å². The van der Waals surface area contributed by atoms with Crippen LogP contribution in [0.1, 0.15) is 0 Å². The number of aromatic nitrogens is 6. The molecule has 0 aliphatic rings. The van der Waals surface area contributed by atoms with E-state index in [4.69, 9.17) is 15.8 Å². The van der Waals surface area contributed by atoms with Crippen LogP contribution in [-0.2, 0) is 35.5 Å². The van der Waals surface area contributed by atoms with Crippen LogP contribution in [0.3, 0.4) is 0 Å². The van der Waals surface area contributed by atoms with Crippen LogP contribution in [0.5, 0.6) is 0 Å². The molecule has 2 aromatic heterocycles. The highest BCUT2D eigenvalue weighted by Gasteiger charge is 2.15. The Morgan fingerprint density at radius 2 is 0.927 bits per heavy atom. The van der Waals surface area contributed by atoms with Crippen molar-refractivity contribution in [3.05, 3.63) is 115 Å². The van der Waals surface area contributed by atoms with Crippen molar-refractivity contribution < 1.29 is 34.3 Å². The molecule has 0 spiro atoms. The minimum absolute atomic E-state index is 0.0189. The monoisotopic (exact) mass is 823 g/mol. The van der Waals surface area contributed by atoms with Gasteiger partial charge in [-0.15, -0.1) is 0 Å². The molecule has 0 fully saturated rings. The number of hydrogen-bond donors (Lipinski definition) is 7. The second-order valence-corrected chi connectivity index (χ2v) is 15.1. The molecule has 0 saturated carbocycles. The molecule has 0 aliphatic carbocycles. The Balaban J connectivity index is 1.24. The van der Waals surface area contributed by atoms with E-state index in [0.717, 1.165) is 6.26 Å². The standard InChI is InChI=1S/C32H26ClN11O8S3/c1-2-52-53(45)24-14-12-19(13-15-24)34-28-39-27(33)40-29(41-28)35-20-6-3-7-21(16-20)36-30-42-31(37-22-8-4-10-25(17-22)54(46,47)48)44-32(43-30)38-23-9-5-11-26(18-23)55(49,50)51/h2-18H,1H2,(H,46,47,48)(H,49,50,51)(H2,34,35,39,40,41)(H3,36,37,38,42,43,44). The highest BCUT2D eigenvalue weighted by molar-refractivity contribution is 7.86. The average molecular weight is 824 g/mol. The zero-order chi connectivity index (χ0) is 39.2. The molecule has 0 aliphatic heterocycles. The SMILES string of the molecule is C=COS(=O)c1ccc(Nc2nc(Cl)nc(Nc3cccc(Nc4nc(Nc5cccc(S(=O)(=O)O)c5)nc(Nc5cccc(S(=O)(=O)O)c5)n4)c3)n2)cc1. The molecule has 23 heteroatoms. The quantitative estimate of drug-likeness (QED) is 0.0455. The van der Waals surface area contributed by atoms with Gasteiger partial charge in [0.15, 0.2) is 0 Å². The number of benzene rings is 4. The van der Waals surface area contributed by atoms with E-state index in [1.54, 1.807) is 48.5 Å². The summed E-state index contributed by atoms with van der Waals surface area (Å²) in [5, 5.41) is 14.7. The first kappa shape index (κ1) is 38.4. The van der Waals surface area contributed by atoms with Gasteiger partial charge in [0.2, 0.25) is 46.1 Å². The summed E-state index contributed by atoms with van der Waals surface area (Å²) in [6.07, 6.45) is 1.09. The number of rotatable bonds is 15. The zero-order valence-corrected chi connectivity index (χ0v) is 30.9. The lowest BCUT2D eigenvalue weighted by molar-refractivity contribution is 0.481. The van der Waals surface area contributed by atoms with Crippen molar-refractivity contribution in [2.75, 3.05) is 26.6 Å². The van der Waals surface area contributed by atoms with E-state index in [2.05, 4.69) is 63.1 Å². The molecule has 0 saturated heterocycles. The Kier molecular flexibility index (Phi) is 11.4. The van der Waals surface area contributed by atoms with Gasteiger partial charge in [-0.3, -0.25) is 9.11 Å². The average Bonchev–Trinajstić information content (AvgIpc) is 3.11. The summed E-state index contributed by atoms with van der Waals surface area (Å²) in [7, 11) is -9.03. The molecular weight excluding hydrogens is 798 g/mol. The van der Waals surface area contributed by atoms with E-state index < -0.39 is 31.3 Å². The van der Waals surface area contributed by atoms with Gasteiger partial charge in [-0.05, 0) is 90.5 Å². The van der Waals surface area contributed by atoms with E-state index >= 15 is 0 Å². The molecule has 6 aromatic rings. The van der Waals surface area contributed by atoms with Gasteiger partial charge in [0.05, 0.1) is 20.9 Å². The zero-order valence-electron chi connectivity index (χ0n) is 27.7. The first-order valence-corrected chi connectivity index (χ1v) is 19.6. The summed E-state index contributed by atoms with van der Waals surface area (Å²) in [5.74, 6) is 0.0207. The topological polar surface area (TPSA) is 273 Å². The molecular formula is C32H26ClN11O8S3. The highest BCUT2D eigenvalue weighted by Crippen LogP contribution is 2.26. The van der Waals surface area contributed by atoms with E-state index in [1.807, 2.05) is 0 Å². The third-order valence-corrected chi connectivity index (χ3v) is 9.69. The molecule has 0 amide bonds. The molecule has 7 N–H and O–H groups in total. The summed E-state index contributed by atoms with van der Waals surface area (Å²) in [4.78, 5) is 25.3. The van der Waals surface area contributed by atoms with Gasteiger partial charge in [-0.1, -0.05) is 24.8 Å². The minimum Gasteiger partial charge on any atom is -0.406 e. The highest BCUT2D eigenvalue weighted by atomic mass is 35.5. The fourth-order valence-electron chi connectivity index (χ4n) is 4.56. The largest absolute Gasteiger partial charge is 0.406 e. The van der Waals surface area contributed by atoms with Crippen LogP contribution in [0.25, 0.3) is 0 Å². The van der Waals surface area contributed by atoms with E-state index in [1.165, 1.54) is 48.5 Å². The third kappa shape index (κ3) is 10.7. The fourth-order valence-corrected chi connectivity index (χ4v) is 6.37. The molecule has 1 atom stereocenters. The molecule has 0 bridgehead atoms. The fraction of sp³-hybridized carbons (Fsp3) is 0. The Bertz CT molecular complexity index is 2540. The van der Waals surface area contributed by atoms with E-state index in [9.17, 15) is 30.1 Å². The maximum absolute atomic E-state index is 12.0. The van der Waals surface area contributed by atoms with Crippen LogP contribution in [0, 0.1) is 0 Å². The maximum Gasteiger partial charge on any atom is 0.294 e. The van der Waals surface area contributed by atoms with Gasteiger partial charge in [-0.2, -0.15) is 46.7 Å². The first-order valence-electron chi connectivity index (χ1n) is 15.3. The van der Waals surface area contributed by atoms with Crippen LogP contribution < -0.4 is 26.6 Å². The molecule has 19 nitrogen and oxygen atoms in total. The first-order chi connectivity index (χ1) is 26.2. The van der Waals surface area contributed by atoms with Crippen LogP contribution in [0.15, 0.2) is 125 Å². The molecule has 4 aromatic carbocycles. The second kappa shape index (κ2) is 16.4. The van der Waals surface area contributed by atoms with Crippen molar-refractivity contribution in [3.8, 4) is 0 Å². The van der Waals surface area contributed by atoms with Gasteiger partial charge in [0.25, 0.3) is 20.2 Å². The summed E-state index contributed by atoms with van der Waals surface area (Å²) in [6, 6.07) is 23.8. The van der Waals surface area contributed by atoms with E-state index in [-0.39, 0.29) is 56.2 Å². The van der Waals surface area contributed by atoms with Crippen molar-refractivity contribution in [2.45, 2.75) is 14.7 Å². The number of halogens is 1. The van der Waals surface area contributed by atoms with E-state index in [0.29, 0.717) is 22.0 Å². The number of nitrogens with one attached hydrogen (secondary N) is 5. The minimum atomic E-state index is -4.52. The molecule has 55 heavy (non-hydrogen) atoms. The van der Waals surface area contributed by atoms with Crippen LogP contribution in [-0.4, -0.2) is 60.1 Å². The van der Waals surface area contributed by atoms with Crippen LogP contribution in [0.4, 0.5) is 58.2 Å². The van der Waals surface area contributed by atoms with Gasteiger partial charge < -0.3 is 30.8 Å². The van der Waals surface area contributed by atoms with Crippen LogP contribution in [0.2, 0.25) is 5.28 Å². The third-order valence-electron chi connectivity index (χ3n) is 6.85. The predicted octanol–water partition coefficient (Wildman–Crippen LogP) is 6.10. The number of hydrogen-bond acceptors (Lipinski definition) is 17. The normalized spacial score (nSPS) is 11.9. The van der Waals surface area contributed by atoms with Gasteiger partial charge in [0.1, 0.15) is 0 Å². The van der Waals surface area contributed by atoms with Crippen molar-refractivity contribution in [1.82, 2.24) is 29.9 Å². The van der Waals surface area contributed by atoms with Gasteiger partial charge in [-0.25, -0.2) is 4.21 Å². The summed E-state index contributed by atoms with van der Waals surface area (Å²) in [5.41, 5.74) is 1.94. The predicted molar refractivity (Wildman–Crippen MR) is 204 cm³/mol. The van der Waals surface area contributed by atoms with Gasteiger partial charge >= 0.3 is 0 Å². The second-order valence-electron chi connectivity index (χ2n) is 10.8. The maximum atomic E-state index is 12.0. The Morgan fingerprint density at radius 1 is 0.564 bits per heavy atom. The van der Waals surface area contributed by atoms with Crippen molar-refractivity contribution in [2.24, 2.45) is 0 Å². The molecule has 1 unspecified atom stereocenters. The molecule has 6 rings (SSSR count). The van der Waals surface area contributed by atoms with Crippen molar-refractivity contribution in [3.63, 3.8) is 0 Å². The lowest BCUT2D eigenvalue weighted by Gasteiger charge is -2.13.